The summed E-state index contributed by atoms with van der Waals surface area (Å²) in [5.41, 5.74) is 3.61. The molecule has 26 heavy (non-hydrogen) atoms. The second kappa shape index (κ2) is 7.02. The van der Waals surface area contributed by atoms with E-state index in [0.717, 1.165) is 10.8 Å². The highest BCUT2D eigenvalue weighted by atomic mass is 16.6. The minimum absolute atomic E-state index is 0.0216. The summed E-state index contributed by atoms with van der Waals surface area (Å²) in [6.07, 6.45) is 0. The molecule has 0 radical (unpaired) electrons. The van der Waals surface area contributed by atoms with Crippen LogP contribution in [0.5, 0.6) is 5.75 Å². The topological polar surface area (TPSA) is 105 Å². The fraction of sp³-hybridized carbons (Fsp3) is 0.0526. The average molecular weight is 349 g/mol. The number of hydrogen-bond acceptors (Lipinski definition) is 5. The number of rotatable bonds is 4. The summed E-state index contributed by atoms with van der Waals surface area (Å²) >= 11 is 0. The van der Waals surface area contributed by atoms with Crippen molar-refractivity contribution in [1.82, 2.24) is 5.43 Å². The molecule has 0 aliphatic heterocycles. The van der Waals surface area contributed by atoms with Gasteiger partial charge >= 0.3 is 0 Å². The molecule has 130 valence electrons. The summed E-state index contributed by atoms with van der Waals surface area (Å²) in [4.78, 5) is 22.5. The molecule has 3 rings (SSSR count). The molecular weight excluding hydrogens is 334 g/mol. The van der Waals surface area contributed by atoms with E-state index >= 15 is 0 Å². The standard InChI is InChI=1S/C19H15N3O4/c1-12(13-6-8-16(9-7-13)22(25)26)20-21-19(24)17-10-14-4-2-3-5-15(14)11-18(17)23/h2-11,23H,1H3,(H,21,24)/b20-12-. The van der Waals surface area contributed by atoms with E-state index in [1.54, 1.807) is 25.1 Å². The van der Waals surface area contributed by atoms with Crippen molar-refractivity contribution in [1.29, 1.82) is 0 Å². The second-order valence-electron chi connectivity index (χ2n) is 5.66. The number of nitro groups is 1. The van der Waals surface area contributed by atoms with Gasteiger partial charge < -0.3 is 5.11 Å². The van der Waals surface area contributed by atoms with Crippen LogP contribution in [0.25, 0.3) is 10.8 Å². The molecule has 0 spiro atoms. The summed E-state index contributed by atoms with van der Waals surface area (Å²) in [7, 11) is 0. The van der Waals surface area contributed by atoms with Crippen LogP contribution < -0.4 is 5.43 Å². The fourth-order valence-electron chi connectivity index (χ4n) is 2.49. The zero-order chi connectivity index (χ0) is 18.7. The first-order valence-electron chi connectivity index (χ1n) is 7.77. The molecule has 0 saturated heterocycles. The van der Waals surface area contributed by atoms with E-state index in [0.29, 0.717) is 11.3 Å². The number of fused-ring (bicyclic) bond motifs is 1. The number of amides is 1. The number of nitro benzene ring substituents is 1. The Hall–Kier alpha value is -3.74. The number of non-ortho nitro benzene ring substituents is 1. The van der Waals surface area contributed by atoms with E-state index in [1.165, 1.54) is 18.2 Å². The first-order valence-corrected chi connectivity index (χ1v) is 7.77. The van der Waals surface area contributed by atoms with E-state index in [1.807, 2.05) is 24.3 Å². The Bertz CT molecular complexity index is 1030. The van der Waals surface area contributed by atoms with Crippen molar-refractivity contribution in [2.24, 2.45) is 5.10 Å². The zero-order valence-corrected chi connectivity index (χ0v) is 13.8. The van der Waals surface area contributed by atoms with Crippen LogP contribution in [0.2, 0.25) is 0 Å². The van der Waals surface area contributed by atoms with Gasteiger partial charge in [0.2, 0.25) is 0 Å². The molecule has 0 saturated carbocycles. The molecule has 0 aliphatic carbocycles. The molecule has 0 bridgehead atoms. The number of carbonyl (C=O) groups is 1. The molecule has 1 amide bonds. The predicted octanol–water partition coefficient (Wildman–Crippen LogP) is 3.61. The van der Waals surface area contributed by atoms with Crippen LogP contribution in [0.15, 0.2) is 65.8 Å². The van der Waals surface area contributed by atoms with Gasteiger partial charge in [-0.25, -0.2) is 5.43 Å². The van der Waals surface area contributed by atoms with E-state index < -0.39 is 10.8 Å². The van der Waals surface area contributed by atoms with Crippen LogP contribution in [0.1, 0.15) is 22.8 Å². The molecule has 7 heteroatoms. The zero-order valence-electron chi connectivity index (χ0n) is 13.8. The van der Waals surface area contributed by atoms with Gasteiger partial charge in [-0.05, 0) is 47.5 Å². The summed E-state index contributed by atoms with van der Waals surface area (Å²) in [6.45, 7) is 1.67. The van der Waals surface area contributed by atoms with Gasteiger partial charge in [0, 0.05) is 12.1 Å². The van der Waals surface area contributed by atoms with Crippen molar-refractivity contribution in [2.75, 3.05) is 0 Å². The van der Waals surface area contributed by atoms with Crippen LogP contribution in [0.4, 0.5) is 5.69 Å². The molecule has 0 fully saturated rings. The lowest BCUT2D eigenvalue weighted by Gasteiger charge is -2.07. The van der Waals surface area contributed by atoms with Gasteiger partial charge in [-0.2, -0.15) is 5.10 Å². The smallest absolute Gasteiger partial charge is 0.275 e. The maximum absolute atomic E-state index is 12.3. The first-order chi connectivity index (χ1) is 12.5. The van der Waals surface area contributed by atoms with Gasteiger partial charge in [-0.15, -0.1) is 0 Å². The monoisotopic (exact) mass is 349 g/mol. The van der Waals surface area contributed by atoms with Gasteiger partial charge in [0.05, 0.1) is 16.2 Å². The van der Waals surface area contributed by atoms with Crippen LogP contribution >= 0.6 is 0 Å². The molecule has 0 aromatic heterocycles. The Labute approximate surface area is 148 Å². The van der Waals surface area contributed by atoms with Crippen LogP contribution in [0, 0.1) is 10.1 Å². The molecule has 0 aliphatic rings. The molecule has 2 N–H and O–H groups in total. The maximum atomic E-state index is 12.3. The highest BCUT2D eigenvalue weighted by Gasteiger charge is 2.12. The molecule has 3 aromatic rings. The lowest BCUT2D eigenvalue weighted by atomic mass is 10.1. The number of phenolic OH excluding ortho intramolecular Hbond substituents is 1. The number of nitrogens with one attached hydrogen (secondary N) is 1. The summed E-state index contributed by atoms with van der Waals surface area (Å²) in [5.74, 6) is -0.682. The Balaban J connectivity index is 1.80. The molecule has 7 nitrogen and oxygen atoms in total. The first kappa shape index (κ1) is 17.1. The molecule has 0 unspecified atom stereocenters. The van der Waals surface area contributed by atoms with E-state index in [9.17, 15) is 20.0 Å². The number of aromatic hydroxyl groups is 1. The van der Waals surface area contributed by atoms with Crippen molar-refractivity contribution in [3.05, 3.63) is 81.9 Å². The number of phenols is 1. The molecular formula is C19H15N3O4. The van der Waals surface area contributed by atoms with Crippen LogP contribution in [-0.4, -0.2) is 21.6 Å². The Morgan fingerprint density at radius 1 is 1.08 bits per heavy atom. The van der Waals surface area contributed by atoms with Crippen LogP contribution in [0.3, 0.4) is 0 Å². The highest BCUT2D eigenvalue weighted by molar-refractivity contribution is 6.03. The van der Waals surface area contributed by atoms with Gasteiger partial charge in [0.15, 0.2) is 0 Å². The summed E-state index contributed by atoms with van der Waals surface area (Å²) < 4.78 is 0. The normalized spacial score (nSPS) is 11.3. The number of benzene rings is 3. The third-order valence-electron chi connectivity index (χ3n) is 3.93. The van der Waals surface area contributed by atoms with Crippen molar-refractivity contribution in [3.8, 4) is 5.75 Å². The number of carbonyl (C=O) groups excluding carboxylic acids is 1. The number of hydrogen-bond donors (Lipinski definition) is 2. The molecule has 0 heterocycles. The largest absolute Gasteiger partial charge is 0.507 e. The van der Waals surface area contributed by atoms with E-state index in [4.69, 9.17) is 0 Å². The second-order valence-corrected chi connectivity index (χ2v) is 5.66. The van der Waals surface area contributed by atoms with Crippen molar-refractivity contribution in [2.45, 2.75) is 6.92 Å². The predicted molar refractivity (Wildman–Crippen MR) is 98.4 cm³/mol. The van der Waals surface area contributed by atoms with E-state index in [2.05, 4.69) is 10.5 Å². The highest BCUT2D eigenvalue weighted by Crippen LogP contribution is 2.24. The average Bonchev–Trinajstić information content (AvgIpc) is 2.65. The maximum Gasteiger partial charge on any atom is 0.275 e. The molecule has 3 aromatic carbocycles. The van der Waals surface area contributed by atoms with Crippen molar-refractivity contribution in [3.63, 3.8) is 0 Å². The Morgan fingerprint density at radius 3 is 2.31 bits per heavy atom. The van der Waals surface area contributed by atoms with Gasteiger partial charge in [0.1, 0.15) is 5.75 Å². The van der Waals surface area contributed by atoms with Crippen molar-refractivity contribution < 1.29 is 14.8 Å². The lowest BCUT2D eigenvalue weighted by Crippen LogP contribution is -2.19. The third kappa shape index (κ3) is 3.51. The minimum atomic E-state index is -0.547. The lowest BCUT2D eigenvalue weighted by molar-refractivity contribution is -0.384. The fourth-order valence-corrected chi connectivity index (χ4v) is 2.49. The van der Waals surface area contributed by atoms with Gasteiger partial charge in [-0.3, -0.25) is 14.9 Å². The SMILES string of the molecule is C/C(=N/NC(=O)c1cc2ccccc2cc1O)c1ccc([N+](=O)[O-])cc1. The van der Waals surface area contributed by atoms with E-state index in [-0.39, 0.29) is 17.0 Å². The number of nitrogens with zero attached hydrogens (tertiary/aromatic N) is 2. The van der Waals surface area contributed by atoms with Gasteiger partial charge in [0.25, 0.3) is 11.6 Å². The Kier molecular flexibility index (Phi) is 4.62. The van der Waals surface area contributed by atoms with Crippen molar-refractivity contribution >= 4 is 28.1 Å². The molecule has 0 atom stereocenters. The minimum Gasteiger partial charge on any atom is -0.507 e. The van der Waals surface area contributed by atoms with Crippen LogP contribution in [-0.2, 0) is 0 Å². The Morgan fingerprint density at radius 2 is 1.69 bits per heavy atom. The quantitative estimate of drug-likeness (QED) is 0.426. The summed E-state index contributed by atoms with van der Waals surface area (Å²) in [6, 6.07) is 16.3. The van der Waals surface area contributed by atoms with Gasteiger partial charge in [-0.1, -0.05) is 24.3 Å². The number of hydrazone groups is 1. The summed E-state index contributed by atoms with van der Waals surface area (Å²) in [5, 5.41) is 26.4. The third-order valence-corrected chi connectivity index (χ3v) is 3.93.